The Kier molecular flexibility index (Phi) is 6.07. The van der Waals surface area contributed by atoms with Gasteiger partial charge >= 0.3 is 6.03 Å². The Bertz CT molecular complexity index is 651. The smallest absolute Gasteiger partial charge is 0.319 e. The summed E-state index contributed by atoms with van der Waals surface area (Å²) in [5, 5.41) is 5.77. The summed E-state index contributed by atoms with van der Waals surface area (Å²) < 4.78 is 5.10. The Morgan fingerprint density at radius 3 is 2.25 bits per heavy atom. The first-order chi connectivity index (χ1) is 11.5. The zero-order valence-corrected chi connectivity index (χ0v) is 14.7. The molecule has 0 bridgehead atoms. The molecular formula is C19H25N3O2. The summed E-state index contributed by atoms with van der Waals surface area (Å²) >= 11 is 0. The van der Waals surface area contributed by atoms with Crippen molar-refractivity contribution in [1.29, 1.82) is 0 Å². The van der Waals surface area contributed by atoms with E-state index in [1.54, 1.807) is 7.11 Å². The lowest BCUT2D eigenvalue weighted by atomic mass is 10.1. The maximum atomic E-state index is 12.1. The van der Waals surface area contributed by atoms with Gasteiger partial charge < -0.3 is 20.3 Å². The number of urea groups is 1. The Hall–Kier alpha value is -2.69. The van der Waals surface area contributed by atoms with Crippen LogP contribution in [0.4, 0.5) is 16.2 Å². The second-order valence-electron chi connectivity index (χ2n) is 5.99. The number of methoxy groups -OCH3 is 1. The molecule has 0 aliphatic heterocycles. The second-order valence-corrected chi connectivity index (χ2v) is 5.99. The molecule has 2 N–H and O–H groups in total. The summed E-state index contributed by atoms with van der Waals surface area (Å²) in [5.74, 6) is 0.760. The van der Waals surface area contributed by atoms with E-state index in [4.69, 9.17) is 4.74 Å². The van der Waals surface area contributed by atoms with E-state index in [1.165, 1.54) is 5.56 Å². The summed E-state index contributed by atoms with van der Waals surface area (Å²) in [6.45, 7) is 1.99. The standard InChI is InChI=1S/C19H25N3O2/c1-14(13-15-5-9-17(10-6-15)22(2)3)20-19(23)21-16-7-11-18(24-4)12-8-16/h5-12,14H,13H2,1-4H3,(H2,20,21,23). The van der Waals surface area contributed by atoms with E-state index in [9.17, 15) is 4.79 Å². The minimum atomic E-state index is -0.211. The molecule has 2 aromatic carbocycles. The van der Waals surface area contributed by atoms with Crippen LogP contribution in [0.5, 0.6) is 5.75 Å². The van der Waals surface area contributed by atoms with Gasteiger partial charge in [0.25, 0.3) is 0 Å². The minimum absolute atomic E-state index is 0.0356. The Morgan fingerprint density at radius 2 is 1.71 bits per heavy atom. The van der Waals surface area contributed by atoms with Gasteiger partial charge in [0.15, 0.2) is 0 Å². The number of nitrogens with zero attached hydrogens (tertiary/aromatic N) is 1. The van der Waals surface area contributed by atoms with Crippen molar-refractivity contribution in [2.75, 3.05) is 31.4 Å². The monoisotopic (exact) mass is 327 g/mol. The fourth-order valence-electron chi connectivity index (χ4n) is 2.40. The third-order valence-corrected chi connectivity index (χ3v) is 3.72. The molecule has 24 heavy (non-hydrogen) atoms. The van der Waals surface area contributed by atoms with Crippen molar-refractivity contribution in [3.63, 3.8) is 0 Å². The van der Waals surface area contributed by atoms with Crippen LogP contribution in [0.2, 0.25) is 0 Å². The van der Waals surface area contributed by atoms with Gasteiger partial charge in [-0.2, -0.15) is 0 Å². The molecule has 0 saturated heterocycles. The van der Waals surface area contributed by atoms with Crippen LogP contribution in [0, 0.1) is 0 Å². The van der Waals surface area contributed by atoms with Crippen LogP contribution < -0.4 is 20.3 Å². The average molecular weight is 327 g/mol. The maximum Gasteiger partial charge on any atom is 0.319 e. The van der Waals surface area contributed by atoms with E-state index >= 15 is 0 Å². The zero-order valence-electron chi connectivity index (χ0n) is 14.7. The molecule has 0 fully saturated rings. The van der Waals surface area contributed by atoms with Crippen LogP contribution in [0.25, 0.3) is 0 Å². The summed E-state index contributed by atoms with van der Waals surface area (Å²) in [5.41, 5.74) is 3.09. The van der Waals surface area contributed by atoms with Gasteiger partial charge in [0.1, 0.15) is 5.75 Å². The third-order valence-electron chi connectivity index (χ3n) is 3.72. The van der Waals surface area contributed by atoms with Gasteiger partial charge in [-0.1, -0.05) is 12.1 Å². The second kappa shape index (κ2) is 8.24. The molecule has 0 aromatic heterocycles. The Labute approximate surface area is 143 Å². The Morgan fingerprint density at radius 1 is 1.08 bits per heavy atom. The van der Waals surface area contributed by atoms with Crippen molar-refractivity contribution < 1.29 is 9.53 Å². The number of hydrogen-bond acceptors (Lipinski definition) is 3. The highest BCUT2D eigenvalue weighted by Crippen LogP contribution is 2.15. The quantitative estimate of drug-likeness (QED) is 0.853. The van der Waals surface area contributed by atoms with Crippen molar-refractivity contribution in [3.8, 4) is 5.75 Å². The number of rotatable bonds is 6. The van der Waals surface area contributed by atoms with Gasteiger partial charge in [0.2, 0.25) is 0 Å². The number of hydrogen-bond donors (Lipinski definition) is 2. The molecule has 5 nitrogen and oxygen atoms in total. The largest absolute Gasteiger partial charge is 0.497 e. The molecule has 1 atom stereocenters. The van der Waals surface area contributed by atoms with E-state index in [0.717, 1.165) is 23.5 Å². The fraction of sp³-hybridized carbons (Fsp3) is 0.316. The van der Waals surface area contributed by atoms with Crippen LogP contribution in [0.15, 0.2) is 48.5 Å². The van der Waals surface area contributed by atoms with Crippen LogP contribution in [0.3, 0.4) is 0 Å². The highest BCUT2D eigenvalue weighted by Gasteiger charge is 2.09. The number of carbonyl (C=O) groups is 1. The highest BCUT2D eigenvalue weighted by atomic mass is 16.5. The number of carbonyl (C=O) groups excluding carboxylic acids is 1. The van der Waals surface area contributed by atoms with Gasteiger partial charge in [0, 0.05) is 31.5 Å². The highest BCUT2D eigenvalue weighted by molar-refractivity contribution is 5.89. The van der Waals surface area contributed by atoms with Crippen LogP contribution >= 0.6 is 0 Å². The summed E-state index contributed by atoms with van der Waals surface area (Å²) in [7, 11) is 5.65. The van der Waals surface area contributed by atoms with Gasteiger partial charge in [-0.3, -0.25) is 0 Å². The molecular weight excluding hydrogens is 302 g/mol. The number of amides is 2. The van der Waals surface area contributed by atoms with E-state index < -0.39 is 0 Å². The number of benzene rings is 2. The van der Waals surface area contributed by atoms with Crippen molar-refractivity contribution in [3.05, 3.63) is 54.1 Å². The molecule has 1 unspecified atom stereocenters. The van der Waals surface area contributed by atoms with Crippen LogP contribution in [-0.4, -0.2) is 33.3 Å². The lowest BCUT2D eigenvalue weighted by molar-refractivity contribution is 0.249. The maximum absolute atomic E-state index is 12.1. The first-order valence-electron chi connectivity index (χ1n) is 7.96. The molecule has 2 aromatic rings. The molecule has 2 rings (SSSR count). The summed E-state index contributed by atoms with van der Waals surface area (Å²) in [6, 6.07) is 15.4. The molecule has 0 aliphatic rings. The molecule has 0 spiro atoms. The molecule has 0 saturated carbocycles. The third kappa shape index (κ3) is 5.19. The predicted octanol–water partition coefficient (Wildman–Crippen LogP) is 3.51. The molecule has 0 radical (unpaired) electrons. The molecule has 0 heterocycles. The number of ether oxygens (including phenoxy) is 1. The topological polar surface area (TPSA) is 53.6 Å². The zero-order chi connectivity index (χ0) is 17.5. The van der Waals surface area contributed by atoms with E-state index in [2.05, 4.69) is 39.8 Å². The normalized spacial score (nSPS) is 11.5. The van der Waals surface area contributed by atoms with Crippen LogP contribution in [-0.2, 0) is 6.42 Å². The van der Waals surface area contributed by atoms with E-state index in [1.807, 2.05) is 45.3 Å². The fourth-order valence-corrected chi connectivity index (χ4v) is 2.40. The van der Waals surface area contributed by atoms with Gasteiger partial charge in [-0.15, -0.1) is 0 Å². The van der Waals surface area contributed by atoms with E-state index in [0.29, 0.717) is 0 Å². The van der Waals surface area contributed by atoms with Gasteiger partial charge in [-0.25, -0.2) is 4.79 Å². The van der Waals surface area contributed by atoms with Crippen LogP contribution in [0.1, 0.15) is 12.5 Å². The van der Waals surface area contributed by atoms with Crippen molar-refractivity contribution in [2.45, 2.75) is 19.4 Å². The first kappa shape index (κ1) is 17.7. The molecule has 128 valence electrons. The average Bonchev–Trinajstić information content (AvgIpc) is 2.55. The summed E-state index contributed by atoms with van der Waals surface area (Å²) in [6.07, 6.45) is 0.781. The van der Waals surface area contributed by atoms with E-state index in [-0.39, 0.29) is 12.1 Å². The lowest BCUT2D eigenvalue weighted by Gasteiger charge is -2.16. The van der Waals surface area contributed by atoms with Crippen molar-refractivity contribution in [2.24, 2.45) is 0 Å². The minimum Gasteiger partial charge on any atom is -0.497 e. The molecule has 5 heteroatoms. The Balaban J connectivity index is 1.84. The number of nitrogens with one attached hydrogen (secondary N) is 2. The number of anilines is 2. The molecule has 2 amide bonds. The summed E-state index contributed by atoms with van der Waals surface area (Å²) in [4.78, 5) is 14.1. The predicted molar refractivity (Wildman–Crippen MR) is 99.1 cm³/mol. The molecule has 0 aliphatic carbocycles. The van der Waals surface area contributed by atoms with Gasteiger partial charge in [-0.05, 0) is 55.3 Å². The van der Waals surface area contributed by atoms with Crippen molar-refractivity contribution in [1.82, 2.24) is 5.32 Å². The SMILES string of the molecule is COc1ccc(NC(=O)NC(C)Cc2ccc(N(C)C)cc2)cc1. The lowest BCUT2D eigenvalue weighted by Crippen LogP contribution is -2.37. The first-order valence-corrected chi connectivity index (χ1v) is 7.96. The van der Waals surface area contributed by atoms with Crippen molar-refractivity contribution >= 4 is 17.4 Å². The van der Waals surface area contributed by atoms with Gasteiger partial charge in [0.05, 0.1) is 7.11 Å².